The number of para-hydroxylation sites is 1. The summed E-state index contributed by atoms with van der Waals surface area (Å²) in [6.45, 7) is 0. The Labute approximate surface area is 145 Å². The molecule has 1 amide bonds. The van der Waals surface area contributed by atoms with Crippen LogP contribution in [-0.2, 0) is 4.84 Å². The molecule has 5 nitrogen and oxygen atoms in total. The van der Waals surface area contributed by atoms with Gasteiger partial charge in [-0.1, -0.05) is 41.9 Å². The quantitative estimate of drug-likeness (QED) is 0.678. The van der Waals surface area contributed by atoms with E-state index >= 15 is 0 Å². The average molecular weight is 342 g/mol. The van der Waals surface area contributed by atoms with Crippen LogP contribution in [-0.4, -0.2) is 34.9 Å². The van der Waals surface area contributed by atoms with Gasteiger partial charge < -0.3 is 0 Å². The summed E-state index contributed by atoms with van der Waals surface area (Å²) < 4.78 is 1.61. The number of aromatic nitrogens is 2. The van der Waals surface area contributed by atoms with Crippen molar-refractivity contribution < 1.29 is 9.63 Å². The van der Waals surface area contributed by atoms with E-state index in [0.29, 0.717) is 16.4 Å². The molecule has 1 heterocycles. The zero-order chi connectivity index (χ0) is 17.1. The van der Waals surface area contributed by atoms with Crippen LogP contribution in [0.5, 0.6) is 0 Å². The normalized spacial score (nSPS) is 10.6. The SMILES string of the molecule is CON(C)C(=O)c1cc(-c2ccc(Cl)cc2)nn1-c1ccccc1. The summed E-state index contributed by atoms with van der Waals surface area (Å²) in [6.07, 6.45) is 0. The third-order valence-corrected chi connectivity index (χ3v) is 3.88. The zero-order valence-electron chi connectivity index (χ0n) is 13.3. The summed E-state index contributed by atoms with van der Waals surface area (Å²) in [7, 11) is 3.01. The molecule has 3 rings (SSSR count). The standard InChI is InChI=1S/C18H16ClN3O2/c1-21(24-2)18(23)17-12-16(13-8-10-14(19)11-9-13)20-22(17)15-6-4-3-5-7-15/h3-12H,1-2H3. The Hall–Kier alpha value is -2.63. The first-order chi connectivity index (χ1) is 11.6. The lowest BCUT2D eigenvalue weighted by molar-refractivity contribution is -0.0762. The molecule has 0 aliphatic carbocycles. The maximum Gasteiger partial charge on any atom is 0.295 e. The molecule has 1 aromatic heterocycles. The molecule has 122 valence electrons. The summed E-state index contributed by atoms with van der Waals surface area (Å²) in [6, 6.07) is 18.6. The van der Waals surface area contributed by atoms with Gasteiger partial charge in [0, 0.05) is 17.6 Å². The fourth-order valence-corrected chi connectivity index (χ4v) is 2.43. The molecule has 0 saturated heterocycles. The van der Waals surface area contributed by atoms with E-state index in [0.717, 1.165) is 11.3 Å². The van der Waals surface area contributed by atoms with Gasteiger partial charge in [-0.15, -0.1) is 0 Å². The first kappa shape index (κ1) is 16.2. The van der Waals surface area contributed by atoms with Crippen LogP contribution in [0.2, 0.25) is 5.02 Å². The molecule has 0 saturated carbocycles. The monoisotopic (exact) mass is 341 g/mol. The van der Waals surface area contributed by atoms with E-state index in [4.69, 9.17) is 16.4 Å². The highest BCUT2D eigenvalue weighted by Crippen LogP contribution is 2.24. The highest BCUT2D eigenvalue weighted by atomic mass is 35.5. The maximum atomic E-state index is 12.6. The van der Waals surface area contributed by atoms with Crippen LogP contribution in [0.15, 0.2) is 60.7 Å². The Kier molecular flexibility index (Phi) is 4.64. The number of benzene rings is 2. The predicted octanol–water partition coefficient (Wildman–Crippen LogP) is 3.83. The average Bonchev–Trinajstić information content (AvgIpc) is 3.07. The fraction of sp³-hybridized carbons (Fsp3) is 0.111. The van der Waals surface area contributed by atoms with Crippen LogP contribution in [0.1, 0.15) is 10.5 Å². The lowest BCUT2D eigenvalue weighted by Crippen LogP contribution is -2.27. The maximum absolute atomic E-state index is 12.6. The Morgan fingerprint density at radius 3 is 2.42 bits per heavy atom. The first-order valence-electron chi connectivity index (χ1n) is 7.33. The van der Waals surface area contributed by atoms with Crippen molar-refractivity contribution in [1.29, 1.82) is 0 Å². The molecule has 2 aromatic carbocycles. The summed E-state index contributed by atoms with van der Waals surface area (Å²) in [5, 5.41) is 6.41. The van der Waals surface area contributed by atoms with Crippen LogP contribution in [0.4, 0.5) is 0 Å². The third-order valence-electron chi connectivity index (χ3n) is 3.63. The van der Waals surface area contributed by atoms with Crippen LogP contribution in [0.25, 0.3) is 16.9 Å². The van der Waals surface area contributed by atoms with E-state index in [9.17, 15) is 4.79 Å². The zero-order valence-corrected chi connectivity index (χ0v) is 14.1. The molecule has 24 heavy (non-hydrogen) atoms. The van der Waals surface area contributed by atoms with E-state index in [1.165, 1.54) is 12.2 Å². The highest BCUT2D eigenvalue weighted by Gasteiger charge is 2.20. The lowest BCUT2D eigenvalue weighted by Gasteiger charge is -2.14. The number of hydrogen-bond acceptors (Lipinski definition) is 3. The summed E-state index contributed by atoms with van der Waals surface area (Å²) >= 11 is 5.94. The molecular weight excluding hydrogens is 326 g/mol. The number of nitrogens with zero attached hydrogens (tertiary/aromatic N) is 3. The molecule has 0 aliphatic heterocycles. The van der Waals surface area contributed by atoms with E-state index in [2.05, 4.69) is 5.10 Å². The van der Waals surface area contributed by atoms with Crippen molar-refractivity contribution in [2.24, 2.45) is 0 Å². The molecule has 0 spiro atoms. The van der Waals surface area contributed by atoms with Gasteiger partial charge in [-0.2, -0.15) is 5.10 Å². The summed E-state index contributed by atoms with van der Waals surface area (Å²) in [5.41, 5.74) is 2.77. The summed E-state index contributed by atoms with van der Waals surface area (Å²) in [5.74, 6) is -0.283. The van der Waals surface area contributed by atoms with Gasteiger partial charge in [0.1, 0.15) is 5.69 Å². The van der Waals surface area contributed by atoms with Gasteiger partial charge >= 0.3 is 0 Å². The van der Waals surface area contributed by atoms with Gasteiger partial charge in [0.15, 0.2) is 0 Å². The van der Waals surface area contributed by atoms with Crippen molar-refractivity contribution in [3.8, 4) is 16.9 Å². The van der Waals surface area contributed by atoms with Crippen molar-refractivity contribution in [3.05, 3.63) is 71.4 Å². The van der Waals surface area contributed by atoms with Crippen LogP contribution >= 0.6 is 11.6 Å². The number of halogens is 1. The van der Waals surface area contributed by atoms with Crippen LogP contribution in [0.3, 0.4) is 0 Å². The van der Waals surface area contributed by atoms with Gasteiger partial charge in [-0.3, -0.25) is 9.63 Å². The number of hydroxylamine groups is 2. The van der Waals surface area contributed by atoms with E-state index in [1.807, 2.05) is 42.5 Å². The smallest absolute Gasteiger partial charge is 0.274 e. The number of carbonyl (C=O) groups is 1. The highest BCUT2D eigenvalue weighted by molar-refractivity contribution is 6.30. The van der Waals surface area contributed by atoms with Crippen LogP contribution < -0.4 is 0 Å². The van der Waals surface area contributed by atoms with Crippen LogP contribution in [0, 0.1) is 0 Å². The summed E-state index contributed by atoms with van der Waals surface area (Å²) in [4.78, 5) is 17.6. The topological polar surface area (TPSA) is 47.4 Å². The minimum Gasteiger partial charge on any atom is -0.274 e. The van der Waals surface area contributed by atoms with Gasteiger partial charge in [0.2, 0.25) is 0 Å². The Morgan fingerprint density at radius 2 is 1.79 bits per heavy atom. The third kappa shape index (κ3) is 3.18. The van der Waals surface area contributed by atoms with Crippen molar-refractivity contribution in [1.82, 2.24) is 14.8 Å². The number of amides is 1. The fourth-order valence-electron chi connectivity index (χ4n) is 2.31. The van der Waals surface area contributed by atoms with Crippen molar-refractivity contribution in [3.63, 3.8) is 0 Å². The number of rotatable bonds is 4. The second-order valence-electron chi connectivity index (χ2n) is 5.15. The minimum atomic E-state index is -0.283. The second kappa shape index (κ2) is 6.86. The first-order valence-corrected chi connectivity index (χ1v) is 7.71. The molecule has 0 atom stereocenters. The molecule has 3 aromatic rings. The molecule has 6 heteroatoms. The Bertz CT molecular complexity index is 844. The number of carbonyl (C=O) groups excluding carboxylic acids is 1. The van der Waals surface area contributed by atoms with Crippen molar-refractivity contribution in [2.45, 2.75) is 0 Å². The minimum absolute atomic E-state index is 0.283. The molecule has 0 bridgehead atoms. The van der Waals surface area contributed by atoms with Gasteiger partial charge in [-0.25, -0.2) is 9.75 Å². The van der Waals surface area contributed by atoms with E-state index in [1.54, 1.807) is 29.9 Å². The molecule has 0 fully saturated rings. The van der Waals surface area contributed by atoms with E-state index in [-0.39, 0.29) is 5.91 Å². The van der Waals surface area contributed by atoms with Gasteiger partial charge in [0.05, 0.1) is 18.5 Å². The van der Waals surface area contributed by atoms with Crippen molar-refractivity contribution in [2.75, 3.05) is 14.2 Å². The predicted molar refractivity (Wildman–Crippen MR) is 93.1 cm³/mol. The van der Waals surface area contributed by atoms with Gasteiger partial charge in [0.25, 0.3) is 5.91 Å². The molecule has 0 N–H and O–H groups in total. The molecule has 0 aliphatic rings. The molecule has 0 radical (unpaired) electrons. The largest absolute Gasteiger partial charge is 0.295 e. The second-order valence-corrected chi connectivity index (χ2v) is 5.59. The van der Waals surface area contributed by atoms with Gasteiger partial charge in [-0.05, 0) is 30.3 Å². The molecule has 0 unspecified atom stereocenters. The molecular formula is C18H16ClN3O2. The Morgan fingerprint density at radius 1 is 1.12 bits per heavy atom. The van der Waals surface area contributed by atoms with E-state index < -0.39 is 0 Å². The van der Waals surface area contributed by atoms with Crippen molar-refractivity contribution >= 4 is 17.5 Å². The lowest BCUT2D eigenvalue weighted by atomic mass is 10.1. The Balaban J connectivity index is 2.12. The number of hydrogen-bond donors (Lipinski definition) is 0.